The molecule has 2 aromatic heterocycles. The van der Waals surface area contributed by atoms with Gasteiger partial charge in [-0.3, -0.25) is 4.79 Å². The van der Waals surface area contributed by atoms with Crippen LogP contribution in [0.25, 0.3) is 16.7 Å². The second kappa shape index (κ2) is 6.41. The normalized spacial score (nSPS) is 19.6. The Morgan fingerprint density at radius 1 is 1.19 bits per heavy atom. The Hall–Kier alpha value is -2.81. The molecular formula is C18H17FN4O3S. The van der Waals surface area contributed by atoms with Crippen LogP contribution in [0.4, 0.5) is 4.39 Å². The van der Waals surface area contributed by atoms with E-state index < -0.39 is 22.1 Å². The molecule has 4 rings (SSSR count). The molecule has 1 saturated carbocycles. The summed E-state index contributed by atoms with van der Waals surface area (Å²) in [5, 5.41) is 5.36. The van der Waals surface area contributed by atoms with Gasteiger partial charge in [-0.15, -0.1) is 0 Å². The van der Waals surface area contributed by atoms with Gasteiger partial charge in [-0.05, 0) is 37.1 Å². The molecule has 3 aromatic rings. The number of alkyl halides is 1. The summed E-state index contributed by atoms with van der Waals surface area (Å²) in [5.74, 6) is -0.806. The van der Waals surface area contributed by atoms with E-state index in [9.17, 15) is 17.6 Å². The summed E-state index contributed by atoms with van der Waals surface area (Å²) < 4.78 is 39.5. The van der Waals surface area contributed by atoms with Crippen LogP contribution in [0.15, 0.2) is 42.5 Å². The van der Waals surface area contributed by atoms with E-state index in [0.717, 1.165) is 23.0 Å². The van der Waals surface area contributed by atoms with E-state index in [4.69, 9.17) is 0 Å². The van der Waals surface area contributed by atoms with Gasteiger partial charge in [0.2, 0.25) is 10.0 Å². The second-order valence-corrected chi connectivity index (χ2v) is 8.42. The molecule has 9 heteroatoms. The maximum absolute atomic E-state index is 13.4. The molecule has 1 aliphatic rings. The van der Waals surface area contributed by atoms with Crippen molar-refractivity contribution in [1.82, 2.24) is 19.5 Å². The zero-order valence-electron chi connectivity index (χ0n) is 14.5. The third-order valence-electron chi connectivity index (χ3n) is 4.54. The van der Waals surface area contributed by atoms with Crippen LogP contribution in [0.2, 0.25) is 0 Å². The number of nitrogens with zero attached hydrogens (tertiary/aromatic N) is 3. The summed E-state index contributed by atoms with van der Waals surface area (Å²) in [6.45, 7) is 0. The second-order valence-electron chi connectivity index (χ2n) is 6.67. The number of pyridine rings is 1. The molecule has 0 saturated heterocycles. The minimum Gasteiger partial charge on any atom is -0.266 e. The van der Waals surface area contributed by atoms with E-state index >= 15 is 0 Å². The molecule has 0 atom stereocenters. The highest BCUT2D eigenvalue weighted by molar-refractivity contribution is 7.89. The molecule has 2 heterocycles. The first-order valence-electron chi connectivity index (χ1n) is 8.43. The van der Waals surface area contributed by atoms with Gasteiger partial charge in [-0.25, -0.2) is 27.2 Å². The predicted molar refractivity (Wildman–Crippen MR) is 98.0 cm³/mol. The topological polar surface area (TPSA) is 94.0 Å². The number of hydrogen-bond acceptors (Lipinski definition) is 5. The molecule has 0 aliphatic heterocycles. The summed E-state index contributed by atoms with van der Waals surface area (Å²) >= 11 is 0. The number of aromatic nitrogens is 3. The molecule has 27 heavy (non-hydrogen) atoms. The molecule has 0 radical (unpaired) electrons. The molecule has 1 amide bonds. The maximum atomic E-state index is 13.4. The number of para-hydroxylation sites is 1. The zero-order chi connectivity index (χ0) is 19.2. The van der Waals surface area contributed by atoms with Gasteiger partial charge in [0, 0.05) is 11.3 Å². The number of sulfonamides is 1. The van der Waals surface area contributed by atoms with Gasteiger partial charge < -0.3 is 0 Å². The Bertz CT molecular complexity index is 1120. The number of carbonyl (C=O) groups excluding carboxylic acids is 1. The molecule has 140 valence electrons. The smallest absolute Gasteiger partial charge is 0.266 e. The van der Waals surface area contributed by atoms with Crippen LogP contribution in [-0.4, -0.2) is 41.5 Å². The predicted octanol–water partition coefficient (Wildman–Crippen LogP) is 2.33. The van der Waals surface area contributed by atoms with Crippen LogP contribution >= 0.6 is 0 Å². The summed E-state index contributed by atoms with van der Waals surface area (Å²) in [6.07, 6.45) is 0.911. The number of nitrogens with one attached hydrogen (secondary N) is 1. The highest BCUT2D eigenvalue weighted by Crippen LogP contribution is 2.41. The quantitative estimate of drug-likeness (QED) is 0.740. The van der Waals surface area contributed by atoms with Gasteiger partial charge in [0.15, 0.2) is 5.65 Å². The van der Waals surface area contributed by atoms with E-state index in [0.29, 0.717) is 18.5 Å². The summed E-state index contributed by atoms with van der Waals surface area (Å²) in [6, 6.07) is 12.4. The monoisotopic (exact) mass is 388 g/mol. The van der Waals surface area contributed by atoms with Gasteiger partial charge in [-0.2, -0.15) is 5.10 Å². The molecule has 0 spiro atoms. The van der Waals surface area contributed by atoms with Crippen LogP contribution < -0.4 is 4.72 Å². The van der Waals surface area contributed by atoms with Gasteiger partial charge in [0.05, 0.1) is 17.6 Å². The SMILES string of the molecule is CS(=O)(=O)NC(=O)c1ccc2c(C3CC(F)C3)nn(-c3ccccc3)c2n1. The van der Waals surface area contributed by atoms with Gasteiger partial charge in [0.1, 0.15) is 11.9 Å². The minimum atomic E-state index is -3.70. The number of benzene rings is 1. The van der Waals surface area contributed by atoms with E-state index in [1.54, 1.807) is 10.7 Å². The molecule has 1 fully saturated rings. The molecule has 0 bridgehead atoms. The van der Waals surface area contributed by atoms with E-state index in [2.05, 4.69) is 10.1 Å². The fourth-order valence-corrected chi connectivity index (χ4v) is 3.63. The lowest BCUT2D eigenvalue weighted by Crippen LogP contribution is -2.30. The first-order chi connectivity index (χ1) is 12.8. The van der Waals surface area contributed by atoms with Crippen molar-refractivity contribution >= 4 is 27.0 Å². The summed E-state index contributed by atoms with van der Waals surface area (Å²) in [7, 11) is -3.70. The molecule has 7 nitrogen and oxygen atoms in total. The number of halogens is 1. The Balaban J connectivity index is 1.84. The van der Waals surface area contributed by atoms with Crippen LogP contribution in [0, 0.1) is 0 Å². The van der Waals surface area contributed by atoms with Crippen molar-refractivity contribution in [2.45, 2.75) is 24.9 Å². The lowest BCUT2D eigenvalue weighted by atomic mass is 9.80. The number of rotatable bonds is 4. The Labute approximate surface area is 155 Å². The average Bonchev–Trinajstić information content (AvgIpc) is 2.96. The van der Waals surface area contributed by atoms with Crippen LogP contribution in [0.5, 0.6) is 0 Å². The molecule has 1 aliphatic carbocycles. The Kier molecular flexibility index (Phi) is 4.18. The van der Waals surface area contributed by atoms with E-state index in [1.807, 2.05) is 35.1 Å². The van der Waals surface area contributed by atoms with Crippen LogP contribution in [-0.2, 0) is 10.0 Å². The third-order valence-corrected chi connectivity index (χ3v) is 5.09. The molecule has 0 unspecified atom stereocenters. The molecule has 1 aromatic carbocycles. The highest BCUT2D eigenvalue weighted by Gasteiger charge is 2.34. The number of amides is 1. The van der Waals surface area contributed by atoms with E-state index in [-0.39, 0.29) is 11.6 Å². The minimum absolute atomic E-state index is 0.00459. The number of hydrogen-bond donors (Lipinski definition) is 1. The van der Waals surface area contributed by atoms with Crippen molar-refractivity contribution in [3.05, 3.63) is 53.9 Å². The van der Waals surface area contributed by atoms with Crippen molar-refractivity contribution in [2.75, 3.05) is 6.26 Å². The average molecular weight is 388 g/mol. The zero-order valence-corrected chi connectivity index (χ0v) is 15.3. The van der Waals surface area contributed by atoms with Gasteiger partial charge in [-0.1, -0.05) is 18.2 Å². The lowest BCUT2D eigenvalue weighted by molar-refractivity contribution is 0.0977. The van der Waals surface area contributed by atoms with Crippen molar-refractivity contribution in [1.29, 1.82) is 0 Å². The molecule has 1 N–H and O–H groups in total. The van der Waals surface area contributed by atoms with Gasteiger partial charge in [0.25, 0.3) is 5.91 Å². The van der Waals surface area contributed by atoms with E-state index in [1.165, 1.54) is 6.07 Å². The summed E-state index contributed by atoms with van der Waals surface area (Å²) in [4.78, 5) is 16.5. The summed E-state index contributed by atoms with van der Waals surface area (Å²) in [5.41, 5.74) is 1.89. The highest BCUT2D eigenvalue weighted by atomic mass is 32.2. The van der Waals surface area contributed by atoms with Crippen LogP contribution in [0.3, 0.4) is 0 Å². The Morgan fingerprint density at radius 2 is 1.89 bits per heavy atom. The third kappa shape index (κ3) is 3.42. The van der Waals surface area contributed by atoms with Gasteiger partial charge >= 0.3 is 0 Å². The Morgan fingerprint density at radius 3 is 2.52 bits per heavy atom. The van der Waals surface area contributed by atoms with Crippen molar-refractivity contribution in [3.8, 4) is 5.69 Å². The lowest BCUT2D eigenvalue weighted by Gasteiger charge is -2.28. The first-order valence-corrected chi connectivity index (χ1v) is 10.3. The molecular weight excluding hydrogens is 371 g/mol. The van der Waals surface area contributed by atoms with Crippen molar-refractivity contribution in [3.63, 3.8) is 0 Å². The maximum Gasteiger partial charge on any atom is 0.283 e. The standard InChI is InChI=1S/C18H17FN4O3S/c1-27(25,26)22-18(24)15-8-7-14-16(11-9-12(19)10-11)21-23(17(14)20-15)13-5-3-2-4-6-13/h2-8,11-12H,9-10H2,1H3,(H,22,24). The van der Waals surface area contributed by atoms with Crippen molar-refractivity contribution in [2.24, 2.45) is 0 Å². The van der Waals surface area contributed by atoms with Crippen LogP contribution in [0.1, 0.15) is 34.9 Å². The number of fused-ring (bicyclic) bond motifs is 1. The number of carbonyl (C=O) groups is 1. The largest absolute Gasteiger partial charge is 0.283 e. The fraction of sp³-hybridized carbons (Fsp3) is 0.278. The first kappa shape index (κ1) is 17.6. The van der Waals surface area contributed by atoms with Crippen molar-refractivity contribution < 1.29 is 17.6 Å². The fourth-order valence-electron chi connectivity index (χ4n) is 3.19.